The number of thioether (sulfide) groups is 1. The van der Waals surface area contributed by atoms with Gasteiger partial charge in [-0.25, -0.2) is 0 Å². The standard InChI is InChI=1S/C14H12Cl2S/c15-12-6-4-11(5-7-12)8-9-17-14-3-1-2-13(16)10-14/h1-7,10H,8-9H2. The molecule has 2 rings (SSSR count). The van der Waals surface area contributed by atoms with Crippen LogP contribution in [0.3, 0.4) is 0 Å². The molecule has 88 valence electrons. The van der Waals surface area contributed by atoms with Gasteiger partial charge in [-0.1, -0.05) is 41.4 Å². The number of benzene rings is 2. The van der Waals surface area contributed by atoms with E-state index in [9.17, 15) is 0 Å². The lowest BCUT2D eigenvalue weighted by Crippen LogP contribution is -1.87. The molecule has 0 amide bonds. The van der Waals surface area contributed by atoms with E-state index in [-0.39, 0.29) is 0 Å². The Labute approximate surface area is 116 Å². The second-order valence-corrected chi connectivity index (χ2v) is 5.72. The third-order valence-corrected chi connectivity index (χ3v) is 3.85. The van der Waals surface area contributed by atoms with E-state index in [0.717, 1.165) is 22.2 Å². The highest BCUT2D eigenvalue weighted by atomic mass is 35.5. The van der Waals surface area contributed by atoms with Crippen LogP contribution in [0.1, 0.15) is 5.56 Å². The minimum absolute atomic E-state index is 0.788. The maximum atomic E-state index is 5.93. The molecule has 0 aliphatic carbocycles. The Morgan fingerprint density at radius 3 is 2.35 bits per heavy atom. The summed E-state index contributed by atoms with van der Waals surface area (Å²) in [6.45, 7) is 0. The Balaban J connectivity index is 1.85. The van der Waals surface area contributed by atoms with E-state index >= 15 is 0 Å². The van der Waals surface area contributed by atoms with E-state index in [1.807, 2.05) is 42.1 Å². The molecule has 2 aromatic carbocycles. The molecule has 0 radical (unpaired) electrons. The highest BCUT2D eigenvalue weighted by Crippen LogP contribution is 2.22. The van der Waals surface area contributed by atoms with Gasteiger partial charge in [-0.15, -0.1) is 11.8 Å². The number of hydrogen-bond donors (Lipinski definition) is 0. The Bertz CT molecular complexity index is 480. The molecule has 0 N–H and O–H groups in total. The van der Waals surface area contributed by atoms with Crippen molar-refractivity contribution in [3.63, 3.8) is 0 Å². The highest BCUT2D eigenvalue weighted by molar-refractivity contribution is 7.99. The van der Waals surface area contributed by atoms with Crippen LogP contribution in [-0.4, -0.2) is 5.75 Å². The molecule has 0 heterocycles. The summed E-state index contributed by atoms with van der Waals surface area (Å²) in [5.74, 6) is 1.04. The minimum atomic E-state index is 0.788. The Kier molecular flexibility index (Phi) is 4.78. The van der Waals surface area contributed by atoms with Gasteiger partial charge >= 0.3 is 0 Å². The van der Waals surface area contributed by atoms with Gasteiger partial charge < -0.3 is 0 Å². The topological polar surface area (TPSA) is 0 Å². The molecule has 0 aliphatic heterocycles. The molecule has 0 bridgehead atoms. The van der Waals surface area contributed by atoms with Gasteiger partial charge in [0.2, 0.25) is 0 Å². The summed E-state index contributed by atoms with van der Waals surface area (Å²) < 4.78 is 0. The SMILES string of the molecule is Clc1ccc(CCSc2cccc(Cl)c2)cc1. The molecule has 17 heavy (non-hydrogen) atoms. The van der Waals surface area contributed by atoms with Crippen LogP contribution in [0.2, 0.25) is 10.0 Å². The third kappa shape index (κ3) is 4.27. The maximum Gasteiger partial charge on any atom is 0.0417 e. The Morgan fingerprint density at radius 1 is 0.882 bits per heavy atom. The molecule has 0 aliphatic rings. The fraction of sp³-hybridized carbons (Fsp3) is 0.143. The molecular weight excluding hydrogens is 271 g/mol. The molecule has 0 aromatic heterocycles. The summed E-state index contributed by atoms with van der Waals surface area (Å²) in [5, 5.41) is 1.58. The van der Waals surface area contributed by atoms with Gasteiger partial charge in [0.1, 0.15) is 0 Å². The van der Waals surface area contributed by atoms with Crippen molar-refractivity contribution in [3.8, 4) is 0 Å². The van der Waals surface area contributed by atoms with E-state index < -0.39 is 0 Å². The van der Waals surface area contributed by atoms with Gasteiger partial charge in [0.25, 0.3) is 0 Å². The van der Waals surface area contributed by atoms with Crippen molar-refractivity contribution in [2.24, 2.45) is 0 Å². The largest absolute Gasteiger partial charge is 0.126 e. The molecule has 0 atom stereocenters. The van der Waals surface area contributed by atoms with Gasteiger partial charge in [-0.05, 0) is 42.3 Å². The van der Waals surface area contributed by atoms with Crippen molar-refractivity contribution in [1.29, 1.82) is 0 Å². The van der Waals surface area contributed by atoms with Crippen molar-refractivity contribution in [1.82, 2.24) is 0 Å². The molecule has 0 fully saturated rings. The van der Waals surface area contributed by atoms with E-state index in [1.165, 1.54) is 10.5 Å². The lowest BCUT2D eigenvalue weighted by Gasteiger charge is -2.03. The average molecular weight is 283 g/mol. The highest BCUT2D eigenvalue weighted by Gasteiger charge is 1.97. The average Bonchev–Trinajstić information content (AvgIpc) is 2.32. The van der Waals surface area contributed by atoms with Crippen molar-refractivity contribution >= 4 is 35.0 Å². The first-order valence-corrected chi connectivity index (χ1v) is 7.11. The molecule has 0 unspecified atom stereocenters. The van der Waals surface area contributed by atoms with Gasteiger partial charge in [0.15, 0.2) is 0 Å². The smallest absolute Gasteiger partial charge is 0.0417 e. The minimum Gasteiger partial charge on any atom is -0.126 e. The van der Waals surface area contributed by atoms with Crippen molar-refractivity contribution < 1.29 is 0 Å². The van der Waals surface area contributed by atoms with Crippen molar-refractivity contribution in [2.75, 3.05) is 5.75 Å². The number of aryl methyl sites for hydroxylation is 1. The molecule has 0 nitrogen and oxygen atoms in total. The van der Waals surface area contributed by atoms with Crippen molar-refractivity contribution in [2.45, 2.75) is 11.3 Å². The summed E-state index contributed by atoms with van der Waals surface area (Å²) in [7, 11) is 0. The van der Waals surface area contributed by atoms with Crippen LogP contribution in [0.4, 0.5) is 0 Å². The molecule has 3 heteroatoms. The van der Waals surface area contributed by atoms with Gasteiger partial charge in [-0.3, -0.25) is 0 Å². The second-order valence-electron chi connectivity index (χ2n) is 3.68. The number of hydrogen-bond acceptors (Lipinski definition) is 1. The fourth-order valence-electron chi connectivity index (χ4n) is 1.49. The van der Waals surface area contributed by atoms with Crippen molar-refractivity contribution in [3.05, 3.63) is 64.1 Å². The van der Waals surface area contributed by atoms with Gasteiger partial charge in [0.05, 0.1) is 0 Å². The third-order valence-electron chi connectivity index (χ3n) is 2.37. The predicted octanol–water partition coefficient (Wildman–Crippen LogP) is 5.33. The number of rotatable bonds is 4. The summed E-state index contributed by atoms with van der Waals surface area (Å²) in [6, 6.07) is 16.0. The summed E-state index contributed by atoms with van der Waals surface area (Å²) in [6.07, 6.45) is 1.04. The predicted molar refractivity (Wildman–Crippen MR) is 77.3 cm³/mol. The van der Waals surface area contributed by atoms with Gasteiger partial charge in [0, 0.05) is 20.7 Å². The molecule has 0 saturated carbocycles. The first-order valence-electron chi connectivity index (χ1n) is 5.37. The quantitative estimate of drug-likeness (QED) is 0.683. The first-order chi connectivity index (χ1) is 8.24. The summed E-state index contributed by atoms with van der Waals surface area (Å²) in [4.78, 5) is 1.21. The summed E-state index contributed by atoms with van der Waals surface area (Å²) >= 11 is 13.6. The monoisotopic (exact) mass is 282 g/mol. The van der Waals surface area contributed by atoms with Crippen LogP contribution < -0.4 is 0 Å². The molecule has 2 aromatic rings. The normalized spacial score (nSPS) is 10.5. The van der Waals surface area contributed by atoms with Crippen LogP contribution in [0, 0.1) is 0 Å². The molecule has 0 spiro atoms. The first kappa shape index (κ1) is 12.8. The summed E-state index contributed by atoms with van der Waals surface area (Å²) in [5.41, 5.74) is 1.31. The zero-order chi connectivity index (χ0) is 12.1. The zero-order valence-corrected chi connectivity index (χ0v) is 11.5. The van der Waals surface area contributed by atoms with Crippen LogP contribution in [0.15, 0.2) is 53.4 Å². The van der Waals surface area contributed by atoms with Crippen LogP contribution >= 0.6 is 35.0 Å². The van der Waals surface area contributed by atoms with Crippen LogP contribution in [0.5, 0.6) is 0 Å². The molecular formula is C14H12Cl2S. The maximum absolute atomic E-state index is 5.93. The van der Waals surface area contributed by atoms with Gasteiger partial charge in [-0.2, -0.15) is 0 Å². The van der Waals surface area contributed by atoms with Crippen LogP contribution in [-0.2, 0) is 6.42 Å². The lowest BCUT2D eigenvalue weighted by molar-refractivity contribution is 1.15. The Morgan fingerprint density at radius 2 is 1.65 bits per heavy atom. The van der Waals surface area contributed by atoms with E-state index in [2.05, 4.69) is 18.2 Å². The zero-order valence-electron chi connectivity index (χ0n) is 9.20. The van der Waals surface area contributed by atoms with E-state index in [0.29, 0.717) is 0 Å². The molecule has 0 saturated heterocycles. The van der Waals surface area contributed by atoms with Crippen LogP contribution in [0.25, 0.3) is 0 Å². The van der Waals surface area contributed by atoms with E-state index in [1.54, 1.807) is 0 Å². The van der Waals surface area contributed by atoms with E-state index in [4.69, 9.17) is 23.2 Å². The fourth-order valence-corrected chi connectivity index (χ4v) is 2.83. The second kappa shape index (κ2) is 6.34. The number of halogens is 2. The lowest BCUT2D eigenvalue weighted by atomic mass is 10.2. The Hall–Kier alpha value is -0.630.